The van der Waals surface area contributed by atoms with Crippen molar-refractivity contribution in [1.82, 2.24) is 5.32 Å². The van der Waals surface area contributed by atoms with Crippen molar-refractivity contribution in [2.75, 3.05) is 13.2 Å². The third-order valence-electron chi connectivity index (χ3n) is 2.39. The van der Waals surface area contributed by atoms with Crippen LogP contribution in [0.15, 0.2) is 30.4 Å². The van der Waals surface area contributed by atoms with Crippen LogP contribution in [0.2, 0.25) is 0 Å². The maximum Gasteiger partial charge on any atom is 0.338 e. The Balaban J connectivity index is 2.57. The van der Waals surface area contributed by atoms with Gasteiger partial charge in [0, 0.05) is 11.6 Å². The molecule has 0 heterocycles. The molecule has 0 unspecified atom stereocenters. The molecule has 0 spiro atoms. The van der Waals surface area contributed by atoms with Gasteiger partial charge in [0.1, 0.15) is 6.61 Å². The summed E-state index contributed by atoms with van der Waals surface area (Å²) >= 11 is 0. The molecule has 0 fully saturated rings. The zero-order chi connectivity index (χ0) is 16.0. The van der Waals surface area contributed by atoms with Gasteiger partial charge in [-0.15, -0.1) is 0 Å². The Morgan fingerprint density at radius 1 is 1.48 bits per heavy atom. The molecule has 1 aromatic rings. The summed E-state index contributed by atoms with van der Waals surface area (Å²) in [7, 11) is 0. The van der Waals surface area contributed by atoms with Crippen molar-refractivity contribution in [2.45, 2.75) is 6.92 Å². The number of hydrogen-bond donors (Lipinski definition) is 1. The predicted molar refractivity (Wildman–Crippen MR) is 71.2 cm³/mol. The molecule has 1 aromatic carbocycles. The normalized spacial score (nSPS) is 9.81. The molecule has 0 aliphatic carbocycles. The Morgan fingerprint density at radius 3 is 2.71 bits per heavy atom. The van der Waals surface area contributed by atoms with Gasteiger partial charge in [-0.2, -0.15) is 4.39 Å². The summed E-state index contributed by atoms with van der Waals surface area (Å²) in [4.78, 5) is 32.4. The van der Waals surface area contributed by atoms with Crippen LogP contribution in [0.1, 0.15) is 17.3 Å². The Morgan fingerprint density at radius 2 is 2.14 bits per heavy atom. The summed E-state index contributed by atoms with van der Waals surface area (Å²) in [6, 6.07) is 2.69. The lowest BCUT2D eigenvalue weighted by Crippen LogP contribution is -2.28. The zero-order valence-corrected chi connectivity index (χ0v) is 11.2. The van der Waals surface area contributed by atoms with E-state index in [4.69, 9.17) is 4.74 Å². The SMILES string of the molecule is C=C(C)C(=O)NCCOC(=O)c1ccc(F)c([N+](=O)[O-])c1. The first-order valence-corrected chi connectivity index (χ1v) is 5.87. The van der Waals surface area contributed by atoms with Gasteiger partial charge in [-0.1, -0.05) is 6.58 Å². The van der Waals surface area contributed by atoms with Crippen LogP contribution >= 0.6 is 0 Å². The highest BCUT2D eigenvalue weighted by atomic mass is 19.1. The number of hydrogen-bond acceptors (Lipinski definition) is 5. The number of rotatable bonds is 6. The van der Waals surface area contributed by atoms with Crippen molar-refractivity contribution in [1.29, 1.82) is 0 Å². The summed E-state index contributed by atoms with van der Waals surface area (Å²) in [5.41, 5.74) is -0.634. The van der Waals surface area contributed by atoms with Gasteiger partial charge >= 0.3 is 11.7 Å². The first-order chi connectivity index (χ1) is 9.82. The van der Waals surface area contributed by atoms with Crippen molar-refractivity contribution < 1.29 is 23.6 Å². The standard InChI is InChI=1S/C13H13FN2O5/c1-8(2)12(17)15-5-6-21-13(18)9-3-4-10(14)11(7-9)16(19)20/h3-4,7H,1,5-6H2,2H3,(H,15,17). The number of nitrogens with one attached hydrogen (secondary N) is 1. The number of carbonyl (C=O) groups excluding carboxylic acids is 2. The van der Waals surface area contributed by atoms with Crippen LogP contribution in [0.25, 0.3) is 0 Å². The van der Waals surface area contributed by atoms with Gasteiger partial charge in [0.15, 0.2) is 0 Å². The van der Waals surface area contributed by atoms with E-state index in [1.54, 1.807) is 0 Å². The van der Waals surface area contributed by atoms with Crippen molar-refractivity contribution in [3.63, 3.8) is 0 Å². The molecule has 7 nitrogen and oxygen atoms in total. The maximum atomic E-state index is 13.1. The molecule has 8 heteroatoms. The lowest BCUT2D eigenvalue weighted by Gasteiger charge is -2.06. The molecular weight excluding hydrogens is 283 g/mol. The number of carbonyl (C=O) groups is 2. The number of benzene rings is 1. The number of halogens is 1. The number of amides is 1. The van der Waals surface area contributed by atoms with Gasteiger partial charge in [0.05, 0.1) is 17.0 Å². The van der Waals surface area contributed by atoms with Crippen molar-refractivity contribution >= 4 is 17.6 Å². The number of nitro groups is 1. The fraction of sp³-hybridized carbons (Fsp3) is 0.231. The first-order valence-electron chi connectivity index (χ1n) is 5.87. The van der Waals surface area contributed by atoms with Crippen molar-refractivity contribution in [3.05, 3.63) is 51.8 Å². The molecule has 1 amide bonds. The first kappa shape index (κ1) is 16.3. The minimum atomic E-state index is -1.04. The third-order valence-corrected chi connectivity index (χ3v) is 2.39. The molecule has 0 atom stereocenters. The number of esters is 1. The monoisotopic (exact) mass is 296 g/mol. The highest BCUT2D eigenvalue weighted by molar-refractivity contribution is 5.92. The summed E-state index contributed by atoms with van der Waals surface area (Å²) in [6.07, 6.45) is 0. The topological polar surface area (TPSA) is 98.5 Å². The number of nitrogens with zero attached hydrogens (tertiary/aromatic N) is 1. The van der Waals surface area contributed by atoms with E-state index in [1.165, 1.54) is 6.92 Å². The van der Waals surface area contributed by atoms with E-state index in [1.807, 2.05) is 0 Å². The van der Waals surface area contributed by atoms with E-state index in [2.05, 4.69) is 11.9 Å². The smallest absolute Gasteiger partial charge is 0.338 e. The molecule has 0 aromatic heterocycles. The fourth-order valence-electron chi connectivity index (χ4n) is 1.32. The van der Waals surface area contributed by atoms with Crippen LogP contribution < -0.4 is 5.32 Å². The van der Waals surface area contributed by atoms with E-state index < -0.39 is 22.4 Å². The van der Waals surface area contributed by atoms with Gasteiger partial charge in [-0.05, 0) is 19.1 Å². The molecule has 21 heavy (non-hydrogen) atoms. The van der Waals surface area contributed by atoms with Crippen LogP contribution in [0.5, 0.6) is 0 Å². The van der Waals surface area contributed by atoms with Crippen molar-refractivity contribution in [2.24, 2.45) is 0 Å². The van der Waals surface area contributed by atoms with Crippen LogP contribution in [0.3, 0.4) is 0 Å². The van der Waals surface area contributed by atoms with E-state index in [-0.39, 0.29) is 24.6 Å². The zero-order valence-electron chi connectivity index (χ0n) is 11.2. The minimum Gasteiger partial charge on any atom is -0.460 e. The van der Waals surface area contributed by atoms with Gasteiger partial charge in [-0.25, -0.2) is 4.79 Å². The lowest BCUT2D eigenvalue weighted by molar-refractivity contribution is -0.387. The molecule has 1 N–H and O–H groups in total. The van der Waals surface area contributed by atoms with Gasteiger partial charge < -0.3 is 10.1 Å². The van der Waals surface area contributed by atoms with Crippen LogP contribution in [-0.4, -0.2) is 30.0 Å². The van der Waals surface area contributed by atoms with E-state index in [0.717, 1.165) is 18.2 Å². The lowest BCUT2D eigenvalue weighted by atomic mass is 10.2. The summed E-state index contributed by atoms with van der Waals surface area (Å²) in [5, 5.41) is 13.0. The molecule has 112 valence electrons. The molecule has 0 saturated carbocycles. The second-order valence-corrected chi connectivity index (χ2v) is 4.10. The Bertz CT molecular complexity index is 600. The quantitative estimate of drug-likeness (QED) is 0.282. The molecule has 0 aliphatic rings. The number of ether oxygens (including phenoxy) is 1. The Hall–Kier alpha value is -2.77. The second kappa shape index (κ2) is 7.13. The van der Waals surface area contributed by atoms with Crippen molar-refractivity contribution in [3.8, 4) is 0 Å². The van der Waals surface area contributed by atoms with E-state index in [0.29, 0.717) is 5.57 Å². The Labute approximate surface area is 119 Å². The third kappa shape index (κ3) is 4.68. The summed E-state index contributed by atoms with van der Waals surface area (Å²) in [5.74, 6) is -2.25. The predicted octanol–water partition coefficient (Wildman–Crippen LogP) is 1.58. The summed E-state index contributed by atoms with van der Waals surface area (Å²) in [6.45, 7) is 4.91. The van der Waals surface area contributed by atoms with E-state index >= 15 is 0 Å². The number of nitro benzene ring substituents is 1. The average molecular weight is 296 g/mol. The van der Waals surface area contributed by atoms with Gasteiger partial charge in [0.25, 0.3) is 0 Å². The van der Waals surface area contributed by atoms with Gasteiger partial charge in [0.2, 0.25) is 11.7 Å². The molecular formula is C13H13FN2O5. The fourth-order valence-corrected chi connectivity index (χ4v) is 1.32. The second-order valence-electron chi connectivity index (χ2n) is 4.10. The summed E-state index contributed by atoms with van der Waals surface area (Å²) < 4.78 is 17.9. The molecule has 1 rings (SSSR count). The molecule has 0 radical (unpaired) electrons. The van der Waals surface area contributed by atoms with Gasteiger partial charge in [-0.3, -0.25) is 14.9 Å². The molecule has 0 bridgehead atoms. The van der Waals surface area contributed by atoms with Crippen LogP contribution in [0, 0.1) is 15.9 Å². The molecule has 0 aliphatic heterocycles. The van der Waals surface area contributed by atoms with Crippen LogP contribution in [-0.2, 0) is 9.53 Å². The highest BCUT2D eigenvalue weighted by Crippen LogP contribution is 2.18. The van der Waals surface area contributed by atoms with Crippen LogP contribution in [0.4, 0.5) is 10.1 Å². The minimum absolute atomic E-state index is 0.0702. The Kier molecular flexibility index (Phi) is 5.53. The molecule has 0 saturated heterocycles. The van der Waals surface area contributed by atoms with E-state index in [9.17, 15) is 24.1 Å². The highest BCUT2D eigenvalue weighted by Gasteiger charge is 2.18. The maximum absolute atomic E-state index is 13.1. The largest absolute Gasteiger partial charge is 0.460 e. The average Bonchev–Trinajstić information content (AvgIpc) is 2.43.